The summed E-state index contributed by atoms with van der Waals surface area (Å²) in [6.45, 7) is 1.02. The van der Waals surface area contributed by atoms with Crippen molar-refractivity contribution in [2.75, 3.05) is 40.0 Å². The molecule has 0 spiro atoms. The summed E-state index contributed by atoms with van der Waals surface area (Å²) in [6, 6.07) is 7.29. The highest BCUT2D eigenvalue weighted by molar-refractivity contribution is 9.10. The zero-order valence-corrected chi connectivity index (χ0v) is 12.4. The van der Waals surface area contributed by atoms with Crippen LogP contribution in [-0.2, 0) is 9.53 Å². The Balaban J connectivity index is 2.47. The lowest BCUT2D eigenvalue weighted by molar-refractivity contribution is -0.134. The number of aliphatic hydroxyl groups excluding tert-OH is 1. The number of aliphatic hydroxyl groups is 1. The molecule has 1 aromatic carbocycles. The van der Waals surface area contributed by atoms with Crippen molar-refractivity contribution in [3.05, 3.63) is 28.7 Å². The number of halogens is 1. The fraction of sp³-hybridized carbons (Fsp3) is 0.462. The summed E-state index contributed by atoms with van der Waals surface area (Å²) in [5, 5.41) is 8.92. The number of rotatable bonds is 8. The third kappa shape index (κ3) is 6.04. The Kier molecular flexibility index (Phi) is 7.47. The van der Waals surface area contributed by atoms with Crippen LogP contribution in [0.5, 0.6) is 5.75 Å². The number of carbonyl (C=O) groups is 1. The molecule has 0 unspecified atom stereocenters. The molecule has 0 radical (unpaired) electrons. The Bertz CT molecular complexity index is 400. The molecule has 0 aromatic heterocycles. The van der Waals surface area contributed by atoms with Crippen LogP contribution in [-0.4, -0.2) is 55.9 Å². The molecule has 1 N–H and O–H groups in total. The predicted molar refractivity (Wildman–Crippen MR) is 75.2 cm³/mol. The number of benzene rings is 1. The van der Waals surface area contributed by atoms with Gasteiger partial charge in [0.15, 0.2) is 6.61 Å². The molecule has 1 amide bonds. The number of ether oxygens (including phenoxy) is 2. The predicted octanol–water partition coefficient (Wildman–Crippen LogP) is 1.30. The second-order valence-corrected chi connectivity index (χ2v) is 4.76. The molecule has 0 heterocycles. The van der Waals surface area contributed by atoms with Gasteiger partial charge in [0.05, 0.1) is 13.2 Å². The molecule has 0 atom stereocenters. The van der Waals surface area contributed by atoms with Gasteiger partial charge in [0, 0.05) is 24.7 Å². The number of nitrogens with zero attached hydrogens (tertiary/aromatic N) is 1. The van der Waals surface area contributed by atoms with Crippen molar-refractivity contribution in [1.29, 1.82) is 0 Å². The van der Waals surface area contributed by atoms with Gasteiger partial charge < -0.3 is 19.5 Å². The van der Waals surface area contributed by atoms with E-state index in [4.69, 9.17) is 14.6 Å². The molecule has 0 saturated carbocycles. The highest BCUT2D eigenvalue weighted by Gasteiger charge is 2.13. The number of hydrogen-bond acceptors (Lipinski definition) is 4. The van der Waals surface area contributed by atoms with Crippen LogP contribution in [0, 0.1) is 0 Å². The number of carbonyl (C=O) groups excluding carboxylic acids is 1. The Hall–Kier alpha value is -1.11. The zero-order chi connectivity index (χ0) is 14.1. The molecule has 19 heavy (non-hydrogen) atoms. The van der Waals surface area contributed by atoms with E-state index in [0.29, 0.717) is 18.9 Å². The fourth-order valence-corrected chi connectivity index (χ4v) is 1.85. The fourth-order valence-electron chi connectivity index (χ4n) is 1.48. The van der Waals surface area contributed by atoms with Crippen LogP contribution < -0.4 is 4.74 Å². The van der Waals surface area contributed by atoms with Crippen molar-refractivity contribution in [3.63, 3.8) is 0 Å². The maximum Gasteiger partial charge on any atom is 0.260 e. The van der Waals surface area contributed by atoms with Gasteiger partial charge in [0.1, 0.15) is 5.75 Å². The summed E-state index contributed by atoms with van der Waals surface area (Å²) in [6.07, 6.45) is 0. The first-order valence-corrected chi connectivity index (χ1v) is 6.72. The van der Waals surface area contributed by atoms with E-state index in [1.165, 1.54) is 4.90 Å². The molecule has 6 heteroatoms. The van der Waals surface area contributed by atoms with E-state index in [-0.39, 0.29) is 25.7 Å². The van der Waals surface area contributed by atoms with Crippen molar-refractivity contribution in [2.24, 2.45) is 0 Å². The summed E-state index contributed by atoms with van der Waals surface area (Å²) in [4.78, 5) is 13.4. The standard InChI is InChI=1S/C13H18BrNO4/c1-18-8-6-15(5-7-16)13(17)10-19-12-4-2-3-11(14)9-12/h2-4,9,16H,5-8,10H2,1H3. The van der Waals surface area contributed by atoms with E-state index >= 15 is 0 Å². The molecular formula is C13H18BrNO4. The van der Waals surface area contributed by atoms with E-state index in [1.54, 1.807) is 19.2 Å². The monoisotopic (exact) mass is 331 g/mol. The molecule has 0 aliphatic rings. The van der Waals surface area contributed by atoms with E-state index < -0.39 is 0 Å². The van der Waals surface area contributed by atoms with Gasteiger partial charge in [-0.25, -0.2) is 0 Å². The Labute approximate surface area is 121 Å². The largest absolute Gasteiger partial charge is 0.484 e. The van der Waals surface area contributed by atoms with Gasteiger partial charge >= 0.3 is 0 Å². The van der Waals surface area contributed by atoms with Crippen LogP contribution in [0.1, 0.15) is 0 Å². The van der Waals surface area contributed by atoms with E-state index in [2.05, 4.69) is 15.9 Å². The normalized spacial score (nSPS) is 10.3. The average molecular weight is 332 g/mol. The second-order valence-electron chi connectivity index (χ2n) is 3.84. The minimum Gasteiger partial charge on any atom is -0.484 e. The molecule has 1 rings (SSSR count). The summed E-state index contributed by atoms with van der Waals surface area (Å²) in [5.41, 5.74) is 0. The van der Waals surface area contributed by atoms with Crippen LogP contribution in [0.15, 0.2) is 28.7 Å². The first-order chi connectivity index (χ1) is 9.17. The maximum absolute atomic E-state index is 11.9. The van der Waals surface area contributed by atoms with Gasteiger partial charge in [-0.2, -0.15) is 0 Å². The van der Waals surface area contributed by atoms with E-state index in [0.717, 1.165) is 4.47 Å². The second kappa shape index (κ2) is 8.90. The van der Waals surface area contributed by atoms with Gasteiger partial charge in [0.2, 0.25) is 0 Å². The SMILES string of the molecule is COCCN(CCO)C(=O)COc1cccc(Br)c1. The van der Waals surface area contributed by atoms with Crippen molar-refractivity contribution < 1.29 is 19.4 Å². The lowest BCUT2D eigenvalue weighted by Crippen LogP contribution is -2.39. The molecule has 0 aliphatic heterocycles. The maximum atomic E-state index is 11.9. The Morgan fingerprint density at radius 3 is 2.84 bits per heavy atom. The van der Waals surface area contributed by atoms with Crippen molar-refractivity contribution in [1.82, 2.24) is 4.90 Å². The summed E-state index contributed by atoms with van der Waals surface area (Å²) < 4.78 is 11.2. The van der Waals surface area contributed by atoms with Gasteiger partial charge in [-0.05, 0) is 18.2 Å². The van der Waals surface area contributed by atoms with E-state index in [1.807, 2.05) is 12.1 Å². The first kappa shape index (κ1) is 15.9. The summed E-state index contributed by atoms with van der Waals surface area (Å²) >= 11 is 3.33. The molecule has 0 saturated heterocycles. The van der Waals surface area contributed by atoms with Gasteiger partial charge in [-0.3, -0.25) is 4.79 Å². The van der Waals surface area contributed by atoms with Crippen LogP contribution in [0.3, 0.4) is 0 Å². The lowest BCUT2D eigenvalue weighted by Gasteiger charge is -2.21. The summed E-state index contributed by atoms with van der Waals surface area (Å²) in [7, 11) is 1.57. The molecule has 0 bridgehead atoms. The lowest BCUT2D eigenvalue weighted by atomic mass is 10.3. The minimum absolute atomic E-state index is 0.0554. The third-order valence-corrected chi connectivity index (χ3v) is 2.94. The molecule has 1 aromatic rings. The number of hydrogen-bond donors (Lipinski definition) is 1. The van der Waals surface area contributed by atoms with Gasteiger partial charge in [0.25, 0.3) is 5.91 Å². The van der Waals surface area contributed by atoms with Crippen LogP contribution in [0.4, 0.5) is 0 Å². The van der Waals surface area contributed by atoms with Crippen LogP contribution >= 0.6 is 15.9 Å². The Morgan fingerprint density at radius 1 is 1.42 bits per heavy atom. The van der Waals surface area contributed by atoms with Crippen molar-refractivity contribution in [2.45, 2.75) is 0 Å². The van der Waals surface area contributed by atoms with Crippen molar-refractivity contribution in [3.8, 4) is 5.75 Å². The quantitative estimate of drug-likeness (QED) is 0.780. The number of amides is 1. The van der Waals surface area contributed by atoms with Crippen LogP contribution in [0.2, 0.25) is 0 Å². The minimum atomic E-state index is -0.175. The molecule has 5 nitrogen and oxygen atoms in total. The van der Waals surface area contributed by atoms with E-state index in [9.17, 15) is 4.79 Å². The highest BCUT2D eigenvalue weighted by atomic mass is 79.9. The Morgan fingerprint density at radius 2 is 2.21 bits per heavy atom. The third-order valence-electron chi connectivity index (χ3n) is 2.45. The first-order valence-electron chi connectivity index (χ1n) is 5.93. The average Bonchev–Trinajstić information content (AvgIpc) is 2.41. The highest BCUT2D eigenvalue weighted by Crippen LogP contribution is 2.17. The zero-order valence-electron chi connectivity index (χ0n) is 10.8. The summed E-state index contributed by atoms with van der Waals surface area (Å²) in [5.74, 6) is 0.449. The van der Waals surface area contributed by atoms with Gasteiger partial charge in [-0.15, -0.1) is 0 Å². The topological polar surface area (TPSA) is 59.0 Å². The molecule has 0 fully saturated rings. The molecule has 0 aliphatic carbocycles. The van der Waals surface area contributed by atoms with Crippen molar-refractivity contribution >= 4 is 21.8 Å². The van der Waals surface area contributed by atoms with Crippen LogP contribution in [0.25, 0.3) is 0 Å². The smallest absolute Gasteiger partial charge is 0.260 e. The molecule has 106 valence electrons. The molecular weight excluding hydrogens is 314 g/mol. The number of methoxy groups -OCH3 is 1. The van der Waals surface area contributed by atoms with Gasteiger partial charge in [-0.1, -0.05) is 22.0 Å².